The minimum Gasteiger partial charge on any atom is -0.495 e. The molecule has 10 nitrogen and oxygen atoms in total. The minimum atomic E-state index is -4.14. The molecule has 0 amide bonds. The molecule has 11 heteroatoms. The van der Waals surface area contributed by atoms with Crippen molar-refractivity contribution in [2.24, 2.45) is 0 Å². The zero-order valence-corrected chi connectivity index (χ0v) is 17.9. The van der Waals surface area contributed by atoms with Gasteiger partial charge in [-0.2, -0.15) is 0 Å². The van der Waals surface area contributed by atoms with Gasteiger partial charge in [-0.3, -0.25) is 19.3 Å². The van der Waals surface area contributed by atoms with Crippen LogP contribution < -0.4 is 9.04 Å². The number of sulfonamides is 1. The van der Waals surface area contributed by atoms with E-state index < -0.39 is 21.1 Å². The van der Waals surface area contributed by atoms with Crippen LogP contribution in [0.25, 0.3) is 0 Å². The van der Waals surface area contributed by atoms with Crippen LogP contribution in [-0.2, 0) is 14.8 Å². The van der Waals surface area contributed by atoms with Gasteiger partial charge in [-0.05, 0) is 18.2 Å². The van der Waals surface area contributed by atoms with Crippen molar-refractivity contribution in [1.29, 1.82) is 0 Å². The number of non-ortho nitro benzene ring substituents is 1. The summed E-state index contributed by atoms with van der Waals surface area (Å²) in [6.07, 6.45) is -1.04. The van der Waals surface area contributed by atoms with E-state index in [2.05, 4.69) is 0 Å². The lowest BCUT2D eigenvalue weighted by molar-refractivity contribution is -0.384. The summed E-state index contributed by atoms with van der Waals surface area (Å²) < 4.78 is 38.5. The maximum absolute atomic E-state index is 13.5. The highest BCUT2D eigenvalue weighted by Crippen LogP contribution is 2.35. The molecule has 2 aromatic carbocycles. The number of aliphatic hydroxyl groups is 1. The lowest BCUT2D eigenvalue weighted by Crippen LogP contribution is -2.46. The average molecular weight is 452 g/mol. The Morgan fingerprint density at radius 3 is 2.52 bits per heavy atom. The second kappa shape index (κ2) is 10.1. The second-order valence-electron chi connectivity index (χ2n) is 7.03. The number of hydrogen-bond acceptors (Lipinski definition) is 8. The van der Waals surface area contributed by atoms with E-state index in [-0.39, 0.29) is 35.1 Å². The molecule has 1 heterocycles. The number of nitro groups is 1. The van der Waals surface area contributed by atoms with Gasteiger partial charge in [-0.1, -0.05) is 18.2 Å². The first-order valence-electron chi connectivity index (χ1n) is 9.71. The predicted molar refractivity (Wildman–Crippen MR) is 114 cm³/mol. The van der Waals surface area contributed by atoms with E-state index in [1.54, 1.807) is 18.2 Å². The number of morpholine rings is 1. The molecule has 0 radical (unpaired) electrons. The zero-order chi connectivity index (χ0) is 22.4. The van der Waals surface area contributed by atoms with Crippen molar-refractivity contribution >= 4 is 21.4 Å². The third kappa shape index (κ3) is 5.50. The number of benzene rings is 2. The Bertz CT molecular complexity index is 995. The van der Waals surface area contributed by atoms with Gasteiger partial charge >= 0.3 is 0 Å². The van der Waals surface area contributed by atoms with Crippen molar-refractivity contribution in [3.63, 3.8) is 0 Å². The SMILES string of the molecule is COc1ccc([N+](=O)[O-])cc1N(C[C@H](O)CN1CCOCC1)S(=O)(=O)c1ccccc1. The predicted octanol–water partition coefficient (Wildman–Crippen LogP) is 1.49. The van der Waals surface area contributed by atoms with E-state index in [1.807, 2.05) is 4.90 Å². The van der Waals surface area contributed by atoms with E-state index in [0.717, 1.165) is 10.4 Å². The van der Waals surface area contributed by atoms with Gasteiger partial charge in [0.25, 0.3) is 15.7 Å². The van der Waals surface area contributed by atoms with Crippen LogP contribution in [0.5, 0.6) is 5.75 Å². The number of hydrogen-bond donors (Lipinski definition) is 1. The highest BCUT2D eigenvalue weighted by atomic mass is 32.2. The van der Waals surface area contributed by atoms with E-state index in [4.69, 9.17) is 9.47 Å². The van der Waals surface area contributed by atoms with Crippen molar-refractivity contribution in [3.8, 4) is 5.75 Å². The van der Waals surface area contributed by atoms with Crippen LogP contribution in [0.3, 0.4) is 0 Å². The molecule has 1 saturated heterocycles. The highest BCUT2D eigenvalue weighted by Gasteiger charge is 2.31. The maximum Gasteiger partial charge on any atom is 0.271 e. The number of aliphatic hydroxyl groups excluding tert-OH is 1. The van der Waals surface area contributed by atoms with E-state index in [1.165, 1.54) is 31.4 Å². The number of β-amino-alcohol motifs (C(OH)–C–C–N with tert-alkyl or cyclic N) is 1. The second-order valence-corrected chi connectivity index (χ2v) is 8.89. The Hall–Kier alpha value is -2.73. The van der Waals surface area contributed by atoms with E-state index in [9.17, 15) is 23.6 Å². The number of nitrogens with zero attached hydrogens (tertiary/aromatic N) is 3. The summed E-state index contributed by atoms with van der Waals surface area (Å²) in [5.74, 6) is 0.142. The molecule has 0 bridgehead atoms. The van der Waals surface area contributed by atoms with Crippen LogP contribution in [0, 0.1) is 10.1 Å². The van der Waals surface area contributed by atoms with Gasteiger partial charge < -0.3 is 14.6 Å². The Kier molecular flexibility index (Phi) is 7.44. The van der Waals surface area contributed by atoms with Crippen molar-refractivity contribution in [1.82, 2.24) is 4.90 Å². The van der Waals surface area contributed by atoms with Crippen LogP contribution in [0.1, 0.15) is 0 Å². The number of ether oxygens (including phenoxy) is 2. The van der Waals surface area contributed by atoms with Gasteiger partial charge in [0.05, 0.1) is 42.8 Å². The molecule has 1 aliphatic heterocycles. The van der Waals surface area contributed by atoms with Gasteiger partial charge in [0, 0.05) is 31.8 Å². The van der Waals surface area contributed by atoms with Crippen LogP contribution in [0.15, 0.2) is 53.4 Å². The van der Waals surface area contributed by atoms with Crippen molar-refractivity contribution in [3.05, 3.63) is 58.6 Å². The molecule has 0 aromatic heterocycles. The van der Waals surface area contributed by atoms with Gasteiger partial charge in [-0.25, -0.2) is 8.42 Å². The molecule has 1 N–H and O–H groups in total. The van der Waals surface area contributed by atoms with E-state index >= 15 is 0 Å². The van der Waals surface area contributed by atoms with Crippen LogP contribution in [0.2, 0.25) is 0 Å². The summed E-state index contributed by atoms with van der Waals surface area (Å²) in [7, 11) is -2.79. The highest BCUT2D eigenvalue weighted by molar-refractivity contribution is 7.92. The lowest BCUT2D eigenvalue weighted by Gasteiger charge is -2.32. The summed E-state index contributed by atoms with van der Waals surface area (Å²) >= 11 is 0. The Labute approximate surface area is 180 Å². The molecule has 1 fully saturated rings. The molecule has 2 aromatic rings. The molecular formula is C20H25N3O7S. The molecule has 1 aliphatic rings. The largest absolute Gasteiger partial charge is 0.495 e. The third-order valence-electron chi connectivity index (χ3n) is 4.92. The number of rotatable bonds is 9. The smallest absolute Gasteiger partial charge is 0.271 e. The fraction of sp³-hybridized carbons (Fsp3) is 0.400. The molecule has 0 saturated carbocycles. The average Bonchev–Trinajstić information content (AvgIpc) is 2.78. The molecule has 31 heavy (non-hydrogen) atoms. The summed E-state index contributed by atoms with van der Waals surface area (Å²) in [4.78, 5) is 12.7. The topological polar surface area (TPSA) is 122 Å². The van der Waals surface area contributed by atoms with Crippen LogP contribution in [0.4, 0.5) is 11.4 Å². The van der Waals surface area contributed by atoms with E-state index in [0.29, 0.717) is 26.3 Å². The number of anilines is 1. The van der Waals surface area contributed by atoms with Gasteiger partial charge in [0.15, 0.2) is 0 Å². The fourth-order valence-electron chi connectivity index (χ4n) is 3.36. The Balaban J connectivity index is 2.00. The number of methoxy groups -OCH3 is 1. The quantitative estimate of drug-likeness (QED) is 0.449. The van der Waals surface area contributed by atoms with Crippen LogP contribution in [-0.4, -0.2) is 76.0 Å². The molecular weight excluding hydrogens is 426 g/mol. The lowest BCUT2D eigenvalue weighted by atomic mass is 10.2. The zero-order valence-electron chi connectivity index (χ0n) is 17.1. The molecule has 0 unspecified atom stereocenters. The Morgan fingerprint density at radius 2 is 1.90 bits per heavy atom. The monoisotopic (exact) mass is 451 g/mol. The van der Waals surface area contributed by atoms with Gasteiger partial charge in [0.1, 0.15) is 11.4 Å². The van der Waals surface area contributed by atoms with Crippen molar-refractivity contribution in [2.75, 3.05) is 50.8 Å². The number of nitro benzene ring substituents is 1. The first-order chi connectivity index (χ1) is 14.8. The minimum absolute atomic E-state index is 0.00197. The van der Waals surface area contributed by atoms with Crippen LogP contribution >= 0.6 is 0 Å². The van der Waals surface area contributed by atoms with Crippen molar-refractivity contribution < 1.29 is 27.9 Å². The maximum atomic E-state index is 13.5. The van der Waals surface area contributed by atoms with Gasteiger partial charge in [0.2, 0.25) is 0 Å². The normalized spacial score (nSPS) is 15.9. The summed E-state index contributed by atoms with van der Waals surface area (Å²) in [5.41, 5.74) is -0.298. The summed E-state index contributed by atoms with van der Waals surface area (Å²) in [6, 6.07) is 11.4. The molecule has 0 aliphatic carbocycles. The molecule has 1 atom stereocenters. The summed E-state index contributed by atoms with van der Waals surface area (Å²) in [6.45, 7) is 2.27. The Morgan fingerprint density at radius 1 is 1.23 bits per heavy atom. The standard InChI is InChI=1S/C20H25N3O7S/c1-29-20-8-7-16(23(25)26)13-19(20)22(31(27,28)18-5-3-2-4-6-18)15-17(24)14-21-9-11-30-12-10-21/h2-8,13,17,24H,9-12,14-15H2,1H3/t17-/m1/s1. The molecule has 3 rings (SSSR count). The molecule has 168 valence electrons. The first-order valence-corrected chi connectivity index (χ1v) is 11.2. The summed E-state index contributed by atoms with van der Waals surface area (Å²) in [5, 5.41) is 22.0. The fourth-order valence-corrected chi connectivity index (χ4v) is 4.89. The first kappa shape index (κ1) is 22.9. The van der Waals surface area contributed by atoms with Crippen molar-refractivity contribution in [2.45, 2.75) is 11.0 Å². The molecule has 0 spiro atoms. The van der Waals surface area contributed by atoms with Gasteiger partial charge in [-0.15, -0.1) is 0 Å². The third-order valence-corrected chi connectivity index (χ3v) is 6.72.